The molecule has 2 aromatic rings. The molecule has 7 heteroatoms. The lowest BCUT2D eigenvalue weighted by molar-refractivity contribution is 0.232. The molecule has 2 N–H and O–H groups in total. The summed E-state index contributed by atoms with van der Waals surface area (Å²) in [4.78, 5) is 24.4. The fraction of sp³-hybridized carbons (Fsp3) is 0.471. The first kappa shape index (κ1) is 17.8. The summed E-state index contributed by atoms with van der Waals surface area (Å²) in [5, 5.41) is 6.83. The predicted molar refractivity (Wildman–Crippen MR) is 94.0 cm³/mol. The molecular weight excluding hydrogens is 306 g/mol. The minimum atomic E-state index is -0.520. The number of nitrogens with zero attached hydrogens (tertiary/aromatic N) is 3. The summed E-state index contributed by atoms with van der Waals surface area (Å²) in [6, 6.07) is 9.53. The van der Waals surface area contributed by atoms with Gasteiger partial charge >= 0.3 is 11.7 Å². The molecule has 0 aliphatic heterocycles. The van der Waals surface area contributed by atoms with E-state index in [1.54, 1.807) is 14.0 Å². The van der Waals surface area contributed by atoms with E-state index in [0.29, 0.717) is 5.82 Å². The first-order valence-corrected chi connectivity index (χ1v) is 7.99. The molecular formula is C17H25N5O2. The lowest BCUT2D eigenvalue weighted by Gasteiger charge is -2.29. The van der Waals surface area contributed by atoms with Crippen molar-refractivity contribution in [3.63, 3.8) is 0 Å². The number of hydrogen-bond donors (Lipinski definition) is 2. The molecule has 0 aliphatic carbocycles. The van der Waals surface area contributed by atoms with Crippen molar-refractivity contribution in [2.45, 2.75) is 45.6 Å². The number of amides is 1. The summed E-state index contributed by atoms with van der Waals surface area (Å²) in [7, 11) is 1.60. The fourth-order valence-corrected chi connectivity index (χ4v) is 2.95. The van der Waals surface area contributed by atoms with E-state index in [4.69, 9.17) is 0 Å². The third kappa shape index (κ3) is 3.67. The van der Waals surface area contributed by atoms with Crippen molar-refractivity contribution in [1.82, 2.24) is 19.8 Å². The number of aromatic nitrogens is 3. The van der Waals surface area contributed by atoms with Gasteiger partial charge in [0, 0.05) is 13.1 Å². The minimum Gasteiger partial charge on any atom is -0.334 e. The minimum absolute atomic E-state index is 0.0980. The van der Waals surface area contributed by atoms with Gasteiger partial charge in [-0.1, -0.05) is 44.2 Å². The Labute approximate surface area is 141 Å². The SMILES string of the molecule is CNn1c(C)nn(C(=O)NC(C)CC(C)(C)c2ccccc2)c1=O. The van der Waals surface area contributed by atoms with Crippen molar-refractivity contribution in [1.29, 1.82) is 0 Å². The Morgan fingerprint density at radius 2 is 1.92 bits per heavy atom. The topological polar surface area (TPSA) is 81.0 Å². The Hall–Kier alpha value is -2.57. The number of carbonyl (C=O) groups is 1. The molecule has 0 fully saturated rings. The summed E-state index contributed by atoms with van der Waals surface area (Å²) in [6.07, 6.45) is 0.739. The van der Waals surface area contributed by atoms with Crippen molar-refractivity contribution in [3.05, 3.63) is 52.2 Å². The van der Waals surface area contributed by atoms with Crippen molar-refractivity contribution in [2.24, 2.45) is 0 Å². The average Bonchev–Trinajstić information content (AvgIpc) is 2.81. The maximum atomic E-state index is 12.3. The van der Waals surface area contributed by atoms with Gasteiger partial charge in [0.05, 0.1) is 0 Å². The van der Waals surface area contributed by atoms with Gasteiger partial charge in [-0.25, -0.2) is 9.59 Å². The van der Waals surface area contributed by atoms with Gasteiger partial charge in [0.15, 0.2) is 5.82 Å². The van der Waals surface area contributed by atoms with Gasteiger partial charge in [0.1, 0.15) is 0 Å². The third-order valence-electron chi connectivity index (χ3n) is 4.10. The van der Waals surface area contributed by atoms with Crippen LogP contribution >= 0.6 is 0 Å². The number of benzene rings is 1. The Kier molecular flexibility index (Phi) is 5.11. The molecule has 130 valence electrons. The molecule has 1 aromatic heterocycles. The molecule has 0 saturated heterocycles. The molecule has 0 aliphatic rings. The normalized spacial score (nSPS) is 12.7. The molecule has 1 unspecified atom stereocenters. The molecule has 1 heterocycles. The second-order valence-electron chi connectivity index (χ2n) is 6.61. The van der Waals surface area contributed by atoms with Crippen LogP contribution in [0.5, 0.6) is 0 Å². The van der Waals surface area contributed by atoms with Crippen molar-refractivity contribution >= 4 is 6.03 Å². The van der Waals surface area contributed by atoms with Crippen molar-refractivity contribution in [2.75, 3.05) is 12.5 Å². The molecule has 2 rings (SSSR count). The van der Waals surface area contributed by atoms with Crippen molar-refractivity contribution < 1.29 is 4.79 Å². The Balaban J connectivity index is 2.08. The molecule has 1 amide bonds. The monoisotopic (exact) mass is 331 g/mol. The quantitative estimate of drug-likeness (QED) is 0.876. The molecule has 1 aromatic carbocycles. The standard InChI is InChI=1S/C17H25N5O2/c1-12(11-17(3,4)14-9-7-6-8-10-14)19-15(23)22-16(24)21(18-5)13(2)20-22/h6-10,12,18H,11H2,1-5H3,(H,19,23). The van der Waals surface area contributed by atoms with E-state index < -0.39 is 11.7 Å². The zero-order valence-electron chi connectivity index (χ0n) is 14.8. The van der Waals surface area contributed by atoms with Crippen LogP contribution in [-0.4, -0.2) is 33.6 Å². The van der Waals surface area contributed by atoms with E-state index in [2.05, 4.69) is 41.8 Å². The highest BCUT2D eigenvalue weighted by Crippen LogP contribution is 2.28. The second-order valence-corrected chi connectivity index (χ2v) is 6.61. The van der Waals surface area contributed by atoms with E-state index in [9.17, 15) is 9.59 Å². The highest BCUT2D eigenvalue weighted by atomic mass is 16.2. The van der Waals surface area contributed by atoms with Crippen LogP contribution < -0.4 is 16.4 Å². The largest absolute Gasteiger partial charge is 0.373 e. The summed E-state index contributed by atoms with van der Waals surface area (Å²) in [6.45, 7) is 7.85. The summed E-state index contributed by atoms with van der Waals surface area (Å²) < 4.78 is 2.07. The van der Waals surface area contributed by atoms with Gasteiger partial charge in [-0.2, -0.15) is 4.68 Å². The first-order valence-electron chi connectivity index (χ1n) is 7.99. The van der Waals surface area contributed by atoms with Crippen LogP contribution in [0.3, 0.4) is 0 Å². The van der Waals surface area contributed by atoms with Crippen LogP contribution in [0.1, 0.15) is 38.6 Å². The highest BCUT2D eigenvalue weighted by molar-refractivity contribution is 5.75. The molecule has 0 bridgehead atoms. The summed E-state index contributed by atoms with van der Waals surface area (Å²) in [5.41, 5.74) is 3.29. The number of aryl methyl sites for hydroxylation is 1. The molecule has 1 atom stereocenters. The third-order valence-corrected chi connectivity index (χ3v) is 4.10. The predicted octanol–water partition coefficient (Wildman–Crippen LogP) is 1.84. The van der Waals surface area contributed by atoms with E-state index >= 15 is 0 Å². The van der Waals surface area contributed by atoms with Gasteiger partial charge in [0.25, 0.3) is 0 Å². The fourth-order valence-electron chi connectivity index (χ4n) is 2.95. The second kappa shape index (κ2) is 6.90. The van der Waals surface area contributed by atoms with Crippen LogP contribution in [0.2, 0.25) is 0 Å². The Bertz CT molecular complexity index is 761. The highest BCUT2D eigenvalue weighted by Gasteiger charge is 2.25. The smallest absolute Gasteiger partial charge is 0.334 e. The zero-order chi connectivity index (χ0) is 17.9. The maximum absolute atomic E-state index is 12.3. The number of hydrogen-bond acceptors (Lipinski definition) is 4. The van der Waals surface area contributed by atoms with Crippen LogP contribution in [0, 0.1) is 6.92 Å². The van der Waals surface area contributed by atoms with E-state index in [0.717, 1.165) is 11.1 Å². The van der Waals surface area contributed by atoms with Crippen molar-refractivity contribution in [3.8, 4) is 0 Å². The van der Waals surface area contributed by atoms with Gasteiger partial charge in [0.2, 0.25) is 0 Å². The van der Waals surface area contributed by atoms with E-state index in [1.807, 2.05) is 25.1 Å². The van der Waals surface area contributed by atoms with Crippen LogP contribution in [-0.2, 0) is 5.41 Å². The van der Waals surface area contributed by atoms with E-state index in [-0.39, 0.29) is 11.5 Å². The summed E-state index contributed by atoms with van der Waals surface area (Å²) in [5.74, 6) is 0.426. The Morgan fingerprint density at radius 1 is 1.29 bits per heavy atom. The molecule has 24 heavy (non-hydrogen) atoms. The summed E-state index contributed by atoms with van der Waals surface area (Å²) >= 11 is 0. The van der Waals surface area contributed by atoms with Gasteiger partial charge in [-0.15, -0.1) is 9.78 Å². The number of rotatable bonds is 5. The molecule has 0 spiro atoms. The number of carbonyl (C=O) groups excluding carboxylic acids is 1. The lowest BCUT2D eigenvalue weighted by Crippen LogP contribution is -2.44. The van der Waals surface area contributed by atoms with Crippen LogP contribution in [0.15, 0.2) is 35.1 Å². The zero-order valence-corrected chi connectivity index (χ0v) is 14.8. The number of nitrogens with one attached hydrogen (secondary N) is 2. The molecule has 0 radical (unpaired) electrons. The van der Waals surface area contributed by atoms with Crippen LogP contribution in [0.25, 0.3) is 0 Å². The van der Waals surface area contributed by atoms with Gasteiger partial charge in [-0.05, 0) is 31.2 Å². The first-order chi connectivity index (χ1) is 11.3. The average molecular weight is 331 g/mol. The molecule has 0 saturated carbocycles. The van der Waals surface area contributed by atoms with Gasteiger partial charge < -0.3 is 10.7 Å². The molecule has 7 nitrogen and oxygen atoms in total. The van der Waals surface area contributed by atoms with E-state index in [1.165, 1.54) is 10.2 Å². The maximum Gasteiger partial charge on any atom is 0.373 e. The van der Waals surface area contributed by atoms with Crippen LogP contribution in [0.4, 0.5) is 4.79 Å². The Morgan fingerprint density at radius 3 is 2.46 bits per heavy atom. The lowest BCUT2D eigenvalue weighted by atomic mass is 9.79. The van der Waals surface area contributed by atoms with Gasteiger partial charge in [-0.3, -0.25) is 0 Å².